The fourth-order valence-electron chi connectivity index (χ4n) is 3.40. The number of hydrogen-bond acceptors (Lipinski definition) is 5. The maximum absolute atomic E-state index is 12.8. The van der Waals surface area contributed by atoms with Crippen LogP contribution in [0.3, 0.4) is 0 Å². The average Bonchev–Trinajstić information content (AvgIpc) is 2.98. The van der Waals surface area contributed by atoms with E-state index in [1.807, 2.05) is 36.0 Å². The summed E-state index contributed by atoms with van der Waals surface area (Å²) in [5.74, 6) is 0.919. The monoisotopic (exact) mass is 332 g/mol. The molecular formula is C18H28N4O2. The Labute approximate surface area is 144 Å². The van der Waals surface area contributed by atoms with E-state index in [2.05, 4.69) is 9.88 Å². The van der Waals surface area contributed by atoms with Crippen molar-refractivity contribution >= 4 is 11.7 Å². The first-order valence-electron chi connectivity index (χ1n) is 8.90. The fraction of sp³-hybridized carbons (Fsp3) is 0.667. The zero-order valence-corrected chi connectivity index (χ0v) is 14.8. The van der Waals surface area contributed by atoms with Gasteiger partial charge < -0.3 is 19.4 Å². The molecule has 1 aromatic rings. The van der Waals surface area contributed by atoms with E-state index in [9.17, 15) is 4.79 Å². The molecule has 6 nitrogen and oxygen atoms in total. The van der Waals surface area contributed by atoms with Crippen LogP contribution in [0, 0.1) is 0 Å². The van der Waals surface area contributed by atoms with Gasteiger partial charge in [0.2, 0.25) is 0 Å². The van der Waals surface area contributed by atoms with Gasteiger partial charge in [0.25, 0.3) is 5.91 Å². The first-order valence-corrected chi connectivity index (χ1v) is 8.90. The number of carbonyl (C=O) groups is 1. The summed E-state index contributed by atoms with van der Waals surface area (Å²) in [6.45, 7) is 5.41. The van der Waals surface area contributed by atoms with E-state index in [1.165, 1.54) is 12.8 Å². The average molecular weight is 332 g/mol. The highest BCUT2D eigenvalue weighted by molar-refractivity contribution is 5.94. The second-order valence-corrected chi connectivity index (χ2v) is 6.90. The molecule has 2 aliphatic rings. The summed E-state index contributed by atoms with van der Waals surface area (Å²) in [5.41, 5.74) is 0.655. The molecule has 1 amide bonds. The third-order valence-electron chi connectivity index (χ3n) is 4.75. The number of nitrogens with zero attached hydrogens (tertiary/aromatic N) is 4. The Balaban J connectivity index is 1.63. The summed E-state index contributed by atoms with van der Waals surface area (Å²) in [5, 5.41) is 0. The normalized spacial score (nSPS) is 22.4. The van der Waals surface area contributed by atoms with Gasteiger partial charge in [-0.25, -0.2) is 4.98 Å². The zero-order valence-electron chi connectivity index (χ0n) is 14.8. The SMILES string of the molecule is CN(C)c1ccc(C(=O)N2CCCO[C@@H](CN3CCCC3)C2)cn1. The van der Waals surface area contributed by atoms with Gasteiger partial charge in [0.05, 0.1) is 11.7 Å². The number of amides is 1. The van der Waals surface area contributed by atoms with E-state index >= 15 is 0 Å². The standard InChI is InChI=1S/C18H28N4O2/c1-20(2)17-7-6-15(12-19-17)18(23)22-10-5-11-24-16(14-22)13-21-8-3-4-9-21/h6-7,12,16H,3-5,8-11,13-14H2,1-2H3/t16-/m0/s1. The van der Waals surface area contributed by atoms with Gasteiger partial charge in [0.1, 0.15) is 5.82 Å². The molecule has 6 heteroatoms. The van der Waals surface area contributed by atoms with Gasteiger partial charge >= 0.3 is 0 Å². The van der Waals surface area contributed by atoms with E-state index in [-0.39, 0.29) is 12.0 Å². The first kappa shape index (κ1) is 17.2. The lowest BCUT2D eigenvalue weighted by atomic mass is 10.2. The number of likely N-dealkylation sites (tertiary alicyclic amines) is 1. The maximum Gasteiger partial charge on any atom is 0.255 e. The highest BCUT2D eigenvalue weighted by atomic mass is 16.5. The van der Waals surface area contributed by atoms with Crippen LogP contribution in [-0.2, 0) is 4.74 Å². The Bertz CT molecular complexity index is 540. The fourth-order valence-corrected chi connectivity index (χ4v) is 3.40. The molecule has 2 fully saturated rings. The lowest BCUT2D eigenvalue weighted by Crippen LogP contribution is -2.41. The molecule has 0 radical (unpaired) electrons. The molecule has 0 N–H and O–H groups in total. The molecule has 132 valence electrons. The largest absolute Gasteiger partial charge is 0.375 e. The molecule has 0 bridgehead atoms. The summed E-state index contributed by atoms with van der Waals surface area (Å²) in [6.07, 6.45) is 5.24. The Morgan fingerprint density at radius 2 is 2.04 bits per heavy atom. The number of hydrogen-bond donors (Lipinski definition) is 0. The molecule has 1 atom stereocenters. The van der Waals surface area contributed by atoms with E-state index in [4.69, 9.17) is 4.74 Å². The molecule has 0 aromatic carbocycles. The minimum atomic E-state index is 0.0599. The minimum Gasteiger partial charge on any atom is -0.375 e. The molecule has 0 unspecified atom stereocenters. The van der Waals surface area contributed by atoms with E-state index in [1.54, 1.807) is 6.20 Å². The van der Waals surface area contributed by atoms with Crippen molar-refractivity contribution in [1.82, 2.24) is 14.8 Å². The number of rotatable bonds is 4. The van der Waals surface area contributed by atoms with Crippen LogP contribution in [0.5, 0.6) is 0 Å². The van der Waals surface area contributed by atoms with Crippen LogP contribution in [0.2, 0.25) is 0 Å². The number of carbonyl (C=O) groups excluding carboxylic acids is 1. The molecule has 3 heterocycles. The van der Waals surface area contributed by atoms with Crippen LogP contribution in [0.4, 0.5) is 5.82 Å². The van der Waals surface area contributed by atoms with Crippen LogP contribution < -0.4 is 4.90 Å². The van der Waals surface area contributed by atoms with Gasteiger partial charge in [-0.05, 0) is 44.5 Å². The Morgan fingerprint density at radius 1 is 1.25 bits per heavy atom. The number of aromatic nitrogens is 1. The smallest absolute Gasteiger partial charge is 0.255 e. The summed E-state index contributed by atoms with van der Waals surface area (Å²) in [7, 11) is 3.89. The van der Waals surface area contributed by atoms with Crippen molar-refractivity contribution in [3.05, 3.63) is 23.9 Å². The van der Waals surface area contributed by atoms with Gasteiger partial charge in [-0.15, -0.1) is 0 Å². The lowest BCUT2D eigenvalue weighted by molar-refractivity contribution is 0.0297. The van der Waals surface area contributed by atoms with Gasteiger partial charge in [0, 0.05) is 46.5 Å². The van der Waals surface area contributed by atoms with Gasteiger partial charge in [-0.3, -0.25) is 4.79 Å². The van der Waals surface area contributed by atoms with Gasteiger partial charge in [-0.2, -0.15) is 0 Å². The number of anilines is 1. The van der Waals surface area contributed by atoms with Crippen molar-refractivity contribution in [3.8, 4) is 0 Å². The molecule has 3 rings (SSSR count). The predicted octanol–water partition coefficient (Wildman–Crippen LogP) is 1.47. The Kier molecular flexibility index (Phi) is 5.68. The summed E-state index contributed by atoms with van der Waals surface area (Å²) in [4.78, 5) is 23.5. The van der Waals surface area contributed by atoms with Crippen LogP contribution in [0.15, 0.2) is 18.3 Å². The van der Waals surface area contributed by atoms with Crippen molar-refractivity contribution in [2.45, 2.75) is 25.4 Å². The van der Waals surface area contributed by atoms with Crippen LogP contribution in [0.1, 0.15) is 29.6 Å². The predicted molar refractivity (Wildman–Crippen MR) is 94.5 cm³/mol. The highest BCUT2D eigenvalue weighted by Gasteiger charge is 2.26. The third-order valence-corrected chi connectivity index (χ3v) is 4.75. The molecule has 2 aliphatic heterocycles. The molecule has 0 saturated carbocycles. The lowest BCUT2D eigenvalue weighted by Gasteiger charge is -2.27. The maximum atomic E-state index is 12.8. The van der Waals surface area contributed by atoms with E-state index in [0.717, 1.165) is 45.0 Å². The van der Waals surface area contributed by atoms with Crippen molar-refractivity contribution in [1.29, 1.82) is 0 Å². The second-order valence-electron chi connectivity index (χ2n) is 6.90. The third kappa shape index (κ3) is 4.24. The van der Waals surface area contributed by atoms with Crippen molar-refractivity contribution in [2.75, 3.05) is 58.3 Å². The van der Waals surface area contributed by atoms with Gasteiger partial charge in [0.15, 0.2) is 0 Å². The number of ether oxygens (including phenoxy) is 1. The van der Waals surface area contributed by atoms with E-state index < -0.39 is 0 Å². The van der Waals surface area contributed by atoms with E-state index in [0.29, 0.717) is 12.1 Å². The Hall–Kier alpha value is -1.66. The molecule has 0 spiro atoms. The number of pyridine rings is 1. The minimum absolute atomic E-state index is 0.0599. The second kappa shape index (κ2) is 7.94. The Morgan fingerprint density at radius 3 is 2.71 bits per heavy atom. The topological polar surface area (TPSA) is 48.9 Å². The van der Waals surface area contributed by atoms with Crippen molar-refractivity contribution < 1.29 is 9.53 Å². The summed E-state index contributed by atoms with van der Waals surface area (Å²) < 4.78 is 5.97. The van der Waals surface area contributed by atoms with Crippen molar-refractivity contribution in [3.63, 3.8) is 0 Å². The molecule has 1 aromatic heterocycles. The highest BCUT2D eigenvalue weighted by Crippen LogP contribution is 2.15. The molecule has 24 heavy (non-hydrogen) atoms. The van der Waals surface area contributed by atoms with Crippen LogP contribution in [-0.4, -0.2) is 80.2 Å². The van der Waals surface area contributed by atoms with Gasteiger partial charge in [-0.1, -0.05) is 0 Å². The molecular weight excluding hydrogens is 304 g/mol. The van der Waals surface area contributed by atoms with Crippen molar-refractivity contribution in [2.24, 2.45) is 0 Å². The molecule has 0 aliphatic carbocycles. The summed E-state index contributed by atoms with van der Waals surface area (Å²) in [6, 6.07) is 3.76. The first-order chi connectivity index (χ1) is 11.6. The van der Waals surface area contributed by atoms with Crippen LogP contribution in [0.25, 0.3) is 0 Å². The zero-order chi connectivity index (χ0) is 16.9. The molecule has 2 saturated heterocycles. The quantitative estimate of drug-likeness (QED) is 0.836. The summed E-state index contributed by atoms with van der Waals surface area (Å²) >= 11 is 0. The van der Waals surface area contributed by atoms with Crippen LogP contribution >= 0.6 is 0 Å².